The van der Waals surface area contributed by atoms with Crippen molar-refractivity contribution in [2.75, 3.05) is 33.3 Å². The molecule has 0 bridgehead atoms. The summed E-state index contributed by atoms with van der Waals surface area (Å²) in [5.74, 6) is 0.638. The summed E-state index contributed by atoms with van der Waals surface area (Å²) in [5, 5.41) is 4.56. The van der Waals surface area contributed by atoms with Crippen molar-refractivity contribution in [2.45, 2.75) is 12.8 Å². The smallest absolute Gasteiger partial charge is 0.243 e. The Morgan fingerprint density at radius 2 is 1.80 bits per heavy atom. The van der Waals surface area contributed by atoms with Crippen LogP contribution in [0.2, 0.25) is 0 Å². The molecule has 0 fully saturated rings. The highest BCUT2D eigenvalue weighted by molar-refractivity contribution is 5.79. The van der Waals surface area contributed by atoms with Crippen molar-refractivity contribution in [2.24, 2.45) is 0 Å². The molecule has 158 valence electrons. The lowest BCUT2D eigenvalue weighted by Gasteiger charge is -2.21. The van der Waals surface area contributed by atoms with E-state index >= 15 is 0 Å². The summed E-state index contributed by atoms with van der Waals surface area (Å²) in [7, 11) is 1.81. The summed E-state index contributed by atoms with van der Waals surface area (Å²) in [6.07, 6.45) is 2.84. The van der Waals surface area contributed by atoms with Gasteiger partial charge in [0.25, 0.3) is 0 Å². The van der Waals surface area contributed by atoms with Gasteiger partial charge < -0.3 is 20.0 Å². The molecule has 0 aromatic heterocycles. The van der Waals surface area contributed by atoms with Crippen LogP contribution in [0.3, 0.4) is 0 Å². The lowest BCUT2D eigenvalue weighted by molar-refractivity contribution is -0.131. The number of benzene rings is 2. The van der Waals surface area contributed by atoms with E-state index in [9.17, 15) is 9.59 Å². The van der Waals surface area contributed by atoms with E-state index < -0.39 is 0 Å². The second kappa shape index (κ2) is 11.0. The Hall–Kier alpha value is -3.32. The molecule has 1 heterocycles. The van der Waals surface area contributed by atoms with E-state index in [-0.39, 0.29) is 24.8 Å². The first-order valence-electron chi connectivity index (χ1n) is 10.1. The first-order chi connectivity index (χ1) is 14.6. The Morgan fingerprint density at radius 1 is 1.10 bits per heavy atom. The minimum Gasteiger partial charge on any atom is -0.493 e. The number of carbonyl (C=O) groups excluding carboxylic acids is 2. The van der Waals surface area contributed by atoms with Gasteiger partial charge in [0.05, 0.1) is 25.3 Å². The SMILES string of the molecule is CN(CCc1ccccc1)C(=O)CN1C=C(NC(=O)CCOc2ccccc2)CN1. The molecule has 0 saturated heterocycles. The van der Waals surface area contributed by atoms with Gasteiger partial charge in [-0.3, -0.25) is 9.59 Å². The van der Waals surface area contributed by atoms with Crippen molar-refractivity contribution >= 4 is 11.8 Å². The van der Waals surface area contributed by atoms with E-state index in [1.165, 1.54) is 5.56 Å². The second-order valence-corrected chi connectivity index (χ2v) is 7.13. The maximum atomic E-state index is 12.4. The average molecular weight is 409 g/mol. The molecule has 2 aromatic rings. The van der Waals surface area contributed by atoms with Gasteiger partial charge in [-0.05, 0) is 24.1 Å². The van der Waals surface area contributed by atoms with E-state index in [1.54, 1.807) is 23.2 Å². The van der Waals surface area contributed by atoms with Crippen LogP contribution >= 0.6 is 0 Å². The lowest BCUT2D eigenvalue weighted by atomic mass is 10.1. The van der Waals surface area contributed by atoms with Gasteiger partial charge in [-0.1, -0.05) is 48.5 Å². The summed E-state index contributed by atoms with van der Waals surface area (Å²) in [6.45, 7) is 1.66. The minimum atomic E-state index is -0.118. The van der Waals surface area contributed by atoms with Gasteiger partial charge in [0, 0.05) is 19.8 Å². The minimum absolute atomic E-state index is 0.0125. The van der Waals surface area contributed by atoms with Gasteiger partial charge in [-0.2, -0.15) is 0 Å². The predicted molar refractivity (Wildman–Crippen MR) is 115 cm³/mol. The summed E-state index contributed by atoms with van der Waals surface area (Å²) in [6, 6.07) is 19.5. The number of nitrogens with one attached hydrogen (secondary N) is 2. The molecule has 1 aliphatic rings. The van der Waals surface area contributed by atoms with E-state index in [0.717, 1.165) is 17.9 Å². The van der Waals surface area contributed by atoms with Gasteiger partial charge in [0.1, 0.15) is 12.3 Å². The summed E-state index contributed by atoms with van der Waals surface area (Å²) in [5.41, 5.74) is 5.04. The maximum absolute atomic E-state index is 12.4. The zero-order valence-corrected chi connectivity index (χ0v) is 17.2. The van der Waals surface area contributed by atoms with Crippen LogP contribution in [0.1, 0.15) is 12.0 Å². The molecule has 0 spiro atoms. The van der Waals surface area contributed by atoms with Crippen molar-refractivity contribution in [1.29, 1.82) is 0 Å². The fourth-order valence-electron chi connectivity index (χ4n) is 3.00. The molecule has 0 aliphatic carbocycles. The molecule has 2 amide bonds. The summed E-state index contributed by atoms with van der Waals surface area (Å²) >= 11 is 0. The predicted octanol–water partition coefficient (Wildman–Crippen LogP) is 1.93. The Labute approximate surface area is 177 Å². The van der Waals surface area contributed by atoms with Crippen LogP contribution in [-0.4, -0.2) is 55.0 Å². The third-order valence-electron chi connectivity index (χ3n) is 4.74. The zero-order valence-electron chi connectivity index (χ0n) is 17.2. The molecule has 0 unspecified atom stereocenters. The van der Waals surface area contributed by atoms with E-state index in [0.29, 0.717) is 19.7 Å². The fourth-order valence-corrected chi connectivity index (χ4v) is 3.00. The van der Waals surface area contributed by atoms with Crippen LogP contribution in [0.15, 0.2) is 72.6 Å². The molecule has 2 N–H and O–H groups in total. The number of ether oxygens (including phenoxy) is 1. The van der Waals surface area contributed by atoms with Crippen molar-refractivity contribution in [3.05, 3.63) is 78.1 Å². The highest BCUT2D eigenvalue weighted by atomic mass is 16.5. The molecule has 30 heavy (non-hydrogen) atoms. The highest BCUT2D eigenvalue weighted by Gasteiger charge is 2.18. The van der Waals surface area contributed by atoms with Crippen molar-refractivity contribution in [3.8, 4) is 5.75 Å². The van der Waals surface area contributed by atoms with Crippen molar-refractivity contribution < 1.29 is 14.3 Å². The molecular weight excluding hydrogens is 380 g/mol. The van der Waals surface area contributed by atoms with Crippen LogP contribution in [0.5, 0.6) is 5.75 Å². The third-order valence-corrected chi connectivity index (χ3v) is 4.74. The summed E-state index contributed by atoms with van der Waals surface area (Å²) < 4.78 is 5.54. The van der Waals surface area contributed by atoms with E-state index in [1.807, 2.05) is 48.5 Å². The van der Waals surface area contributed by atoms with Crippen LogP contribution in [0.25, 0.3) is 0 Å². The zero-order chi connectivity index (χ0) is 21.2. The maximum Gasteiger partial charge on any atom is 0.243 e. The molecule has 0 saturated carbocycles. The van der Waals surface area contributed by atoms with Gasteiger partial charge >= 0.3 is 0 Å². The van der Waals surface area contributed by atoms with Gasteiger partial charge in [0.2, 0.25) is 11.8 Å². The Kier molecular flexibility index (Phi) is 7.86. The van der Waals surface area contributed by atoms with Crippen LogP contribution in [0.4, 0.5) is 0 Å². The molecular formula is C23H28N4O3. The second-order valence-electron chi connectivity index (χ2n) is 7.13. The molecule has 7 heteroatoms. The molecule has 2 aromatic carbocycles. The van der Waals surface area contributed by atoms with Gasteiger partial charge in [0.15, 0.2) is 0 Å². The average Bonchev–Trinajstić information content (AvgIpc) is 3.20. The molecule has 1 aliphatic heterocycles. The Morgan fingerprint density at radius 3 is 2.53 bits per heavy atom. The number of likely N-dealkylation sites (N-methyl/N-ethyl adjacent to an activating group) is 1. The first-order valence-corrected chi connectivity index (χ1v) is 10.1. The number of carbonyl (C=O) groups is 2. The van der Waals surface area contributed by atoms with E-state index in [4.69, 9.17) is 4.74 Å². The molecule has 3 rings (SSSR count). The number of nitrogens with zero attached hydrogens (tertiary/aromatic N) is 2. The number of hydrazine groups is 1. The number of para-hydroxylation sites is 1. The largest absolute Gasteiger partial charge is 0.493 e. The van der Waals surface area contributed by atoms with Crippen molar-refractivity contribution in [1.82, 2.24) is 20.7 Å². The Balaban J connectivity index is 1.36. The number of rotatable bonds is 10. The number of hydrogen-bond donors (Lipinski definition) is 2. The quantitative estimate of drug-likeness (QED) is 0.629. The van der Waals surface area contributed by atoms with Gasteiger partial charge in [-0.25, -0.2) is 5.43 Å². The lowest BCUT2D eigenvalue weighted by Crippen LogP contribution is -2.41. The van der Waals surface area contributed by atoms with Gasteiger partial charge in [-0.15, -0.1) is 0 Å². The number of amides is 2. The molecule has 7 nitrogen and oxygen atoms in total. The number of hydrogen-bond acceptors (Lipinski definition) is 5. The van der Waals surface area contributed by atoms with Crippen LogP contribution in [0, 0.1) is 0 Å². The molecule has 0 atom stereocenters. The first kappa shape index (κ1) is 21.4. The third kappa shape index (κ3) is 6.93. The van der Waals surface area contributed by atoms with Crippen LogP contribution < -0.4 is 15.5 Å². The topological polar surface area (TPSA) is 73.9 Å². The summed E-state index contributed by atoms with van der Waals surface area (Å²) in [4.78, 5) is 26.3. The Bertz CT molecular complexity index is 855. The molecule has 0 radical (unpaired) electrons. The van der Waals surface area contributed by atoms with E-state index in [2.05, 4.69) is 22.9 Å². The standard InChI is InChI=1S/C23H28N4O3/c1-26(14-12-19-8-4-2-5-9-19)23(29)18-27-17-20(16-24-27)25-22(28)13-15-30-21-10-6-3-7-11-21/h2-11,17,24H,12-16,18H2,1H3,(H,25,28). The normalized spacial score (nSPS) is 13.0. The van der Waals surface area contributed by atoms with Crippen LogP contribution in [-0.2, 0) is 16.0 Å². The van der Waals surface area contributed by atoms with Crippen molar-refractivity contribution in [3.63, 3.8) is 0 Å². The monoisotopic (exact) mass is 408 g/mol. The fraction of sp³-hybridized carbons (Fsp3) is 0.304. The highest BCUT2D eigenvalue weighted by Crippen LogP contribution is 2.09.